The summed E-state index contributed by atoms with van der Waals surface area (Å²) in [5.41, 5.74) is 5.32. The van der Waals surface area contributed by atoms with Gasteiger partial charge in [0.25, 0.3) is 0 Å². The molecule has 35 heavy (non-hydrogen) atoms. The van der Waals surface area contributed by atoms with Crippen molar-refractivity contribution in [3.8, 4) is 16.9 Å². The minimum absolute atomic E-state index is 0.128. The molecule has 4 aromatic carbocycles. The molecule has 1 aliphatic heterocycles. The SMILES string of the molecule is O=S(N[C@@H](CO)Cc1c[nH]c2ccccc12)c1cc(-c2cccc3ccccc23)cc2c1OCC2. The number of hydrogen-bond acceptors (Lipinski definition) is 3. The smallest absolute Gasteiger partial charge is 0.140 e. The summed E-state index contributed by atoms with van der Waals surface area (Å²) >= 11 is 0. The number of aliphatic hydroxyl groups is 1. The molecule has 0 aliphatic carbocycles. The molecule has 0 fully saturated rings. The molecule has 0 amide bonds. The predicted molar refractivity (Wildman–Crippen MR) is 141 cm³/mol. The molecule has 0 saturated carbocycles. The van der Waals surface area contributed by atoms with Gasteiger partial charge in [0.2, 0.25) is 0 Å². The zero-order valence-electron chi connectivity index (χ0n) is 19.2. The minimum Gasteiger partial charge on any atom is -0.492 e. The molecule has 2 heterocycles. The van der Waals surface area contributed by atoms with Crippen molar-refractivity contribution in [2.24, 2.45) is 0 Å². The van der Waals surface area contributed by atoms with Crippen LogP contribution in [0.2, 0.25) is 0 Å². The first-order valence-corrected chi connectivity index (χ1v) is 13.0. The van der Waals surface area contributed by atoms with Crippen molar-refractivity contribution in [2.45, 2.75) is 23.8 Å². The van der Waals surface area contributed by atoms with Crippen LogP contribution in [0.4, 0.5) is 0 Å². The molecule has 1 unspecified atom stereocenters. The van der Waals surface area contributed by atoms with Crippen LogP contribution in [0, 0.1) is 0 Å². The highest BCUT2D eigenvalue weighted by atomic mass is 32.2. The van der Waals surface area contributed by atoms with Crippen molar-refractivity contribution >= 4 is 32.7 Å². The summed E-state index contributed by atoms with van der Waals surface area (Å²) < 4.78 is 22.7. The number of ether oxygens (including phenoxy) is 1. The molecule has 2 atom stereocenters. The van der Waals surface area contributed by atoms with Gasteiger partial charge in [-0.1, -0.05) is 60.7 Å². The van der Waals surface area contributed by atoms with Gasteiger partial charge < -0.3 is 14.8 Å². The minimum atomic E-state index is -1.55. The average molecular weight is 483 g/mol. The number of nitrogens with one attached hydrogen (secondary N) is 2. The summed E-state index contributed by atoms with van der Waals surface area (Å²) in [4.78, 5) is 3.90. The molecule has 6 heteroatoms. The highest BCUT2D eigenvalue weighted by Gasteiger charge is 2.24. The first kappa shape index (κ1) is 22.0. The van der Waals surface area contributed by atoms with Crippen LogP contribution < -0.4 is 9.46 Å². The second-order valence-electron chi connectivity index (χ2n) is 8.92. The highest BCUT2D eigenvalue weighted by molar-refractivity contribution is 7.83. The zero-order chi connectivity index (χ0) is 23.8. The van der Waals surface area contributed by atoms with E-state index < -0.39 is 11.0 Å². The number of benzene rings is 4. The van der Waals surface area contributed by atoms with Crippen LogP contribution in [0.1, 0.15) is 11.1 Å². The summed E-state index contributed by atoms with van der Waals surface area (Å²) in [5.74, 6) is 0.698. The van der Waals surface area contributed by atoms with Crippen molar-refractivity contribution in [3.63, 3.8) is 0 Å². The van der Waals surface area contributed by atoms with E-state index in [9.17, 15) is 9.32 Å². The lowest BCUT2D eigenvalue weighted by Gasteiger charge is -2.18. The van der Waals surface area contributed by atoms with E-state index >= 15 is 0 Å². The molecule has 6 rings (SSSR count). The maximum Gasteiger partial charge on any atom is 0.140 e. The number of aliphatic hydroxyl groups excluding tert-OH is 1. The Labute approximate surface area is 206 Å². The van der Waals surface area contributed by atoms with Gasteiger partial charge in [0.1, 0.15) is 16.7 Å². The van der Waals surface area contributed by atoms with E-state index in [0.717, 1.165) is 45.0 Å². The maximum absolute atomic E-state index is 13.6. The maximum atomic E-state index is 13.6. The average Bonchev–Trinajstić information content (AvgIpc) is 3.54. The molecule has 1 aliphatic rings. The van der Waals surface area contributed by atoms with Gasteiger partial charge >= 0.3 is 0 Å². The third-order valence-corrected chi connectivity index (χ3v) is 7.94. The second-order valence-corrected chi connectivity index (χ2v) is 10.1. The molecule has 1 aromatic heterocycles. The molecular formula is C29H26N2O3S. The normalized spacial score (nSPS) is 14.7. The number of H-pyrrole nitrogens is 1. The summed E-state index contributed by atoms with van der Waals surface area (Å²) in [5, 5.41) is 13.5. The molecule has 0 radical (unpaired) electrons. The van der Waals surface area contributed by atoms with Crippen molar-refractivity contribution in [2.75, 3.05) is 13.2 Å². The summed E-state index contributed by atoms with van der Waals surface area (Å²) in [6.45, 7) is 0.453. The van der Waals surface area contributed by atoms with E-state index in [1.807, 2.05) is 42.6 Å². The van der Waals surface area contributed by atoms with Crippen LogP contribution in [-0.4, -0.2) is 33.6 Å². The van der Waals surface area contributed by atoms with Crippen LogP contribution >= 0.6 is 0 Å². The van der Waals surface area contributed by atoms with Gasteiger partial charge in [-0.15, -0.1) is 0 Å². The lowest BCUT2D eigenvalue weighted by Crippen LogP contribution is -2.36. The molecule has 0 bridgehead atoms. The van der Waals surface area contributed by atoms with E-state index in [1.54, 1.807) is 0 Å². The van der Waals surface area contributed by atoms with Crippen LogP contribution in [0.5, 0.6) is 5.75 Å². The predicted octanol–water partition coefficient (Wildman–Crippen LogP) is 5.14. The Kier molecular flexibility index (Phi) is 5.86. The van der Waals surface area contributed by atoms with E-state index in [1.165, 1.54) is 5.39 Å². The lowest BCUT2D eigenvalue weighted by molar-refractivity contribution is 0.257. The van der Waals surface area contributed by atoms with Crippen molar-refractivity contribution in [3.05, 3.63) is 96.2 Å². The Morgan fingerprint density at radius 3 is 2.69 bits per heavy atom. The fraction of sp³-hybridized carbons (Fsp3) is 0.172. The quantitative estimate of drug-likeness (QED) is 0.301. The first-order chi connectivity index (χ1) is 17.2. The van der Waals surface area contributed by atoms with Gasteiger partial charge in [-0.05, 0) is 57.6 Å². The fourth-order valence-electron chi connectivity index (χ4n) is 4.97. The van der Waals surface area contributed by atoms with Gasteiger partial charge in [0.05, 0.1) is 18.1 Å². The zero-order valence-corrected chi connectivity index (χ0v) is 20.0. The number of aromatic nitrogens is 1. The lowest BCUT2D eigenvalue weighted by atomic mass is 9.96. The van der Waals surface area contributed by atoms with Crippen LogP contribution in [0.3, 0.4) is 0 Å². The van der Waals surface area contributed by atoms with E-state index in [0.29, 0.717) is 23.7 Å². The number of para-hydroxylation sites is 1. The number of aromatic amines is 1. The number of hydrogen-bond donors (Lipinski definition) is 3. The highest BCUT2D eigenvalue weighted by Crippen LogP contribution is 2.38. The molecule has 176 valence electrons. The Bertz CT molecular complexity index is 1550. The third-order valence-electron chi connectivity index (χ3n) is 6.69. The van der Waals surface area contributed by atoms with E-state index in [2.05, 4.69) is 52.2 Å². The molecule has 0 saturated heterocycles. The summed E-state index contributed by atoms with van der Waals surface area (Å²) in [6.07, 6.45) is 3.30. The molecule has 5 aromatic rings. The number of rotatable bonds is 7. The number of fused-ring (bicyclic) bond motifs is 3. The van der Waals surface area contributed by atoms with E-state index in [4.69, 9.17) is 4.74 Å². The monoisotopic (exact) mass is 482 g/mol. The fourth-order valence-corrected chi connectivity index (χ4v) is 6.15. The van der Waals surface area contributed by atoms with Crippen molar-refractivity contribution in [1.82, 2.24) is 9.71 Å². The van der Waals surface area contributed by atoms with E-state index in [-0.39, 0.29) is 12.6 Å². The van der Waals surface area contributed by atoms with Gasteiger partial charge in [-0.2, -0.15) is 0 Å². The Balaban J connectivity index is 1.33. The van der Waals surface area contributed by atoms with Crippen LogP contribution in [0.25, 0.3) is 32.8 Å². The van der Waals surface area contributed by atoms with Crippen LogP contribution in [-0.2, 0) is 23.8 Å². The largest absolute Gasteiger partial charge is 0.492 e. The standard InChI is InChI=1S/C29H26N2O3S/c32-18-23(15-22-17-30-27-11-4-3-9-26(22)27)31-35(33)28-16-21(14-20-12-13-34-29(20)28)25-10-5-7-19-6-1-2-8-24(19)25/h1-11,14,16-17,23,30-32H,12-13,15,18H2/t23-,35?/m1/s1. The van der Waals surface area contributed by atoms with Gasteiger partial charge in [0, 0.05) is 29.6 Å². The Morgan fingerprint density at radius 2 is 1.80 bits per heavy atom. The van der Waals surface area contributed by atoms with Gasteiger partial charge in [-0.3, -0.25) is 0 Å². The van der Waals surface area contributed by atoms with Crippen molar-refractivity contribution < 1.29 is 14.1 Å². The van der Waals surface area contributed by atoms with Gasteiger partial charge in [-0.25, -0.2) is 8.93 Å². The summed E-state index contributed by atoms with van der Waals surface area (Å²) in [7, 11) is -1.55. The van der Waals surface area contributed by atoms with Gasteiger partial charge in [0.15, 0.2) is 0 Å². The topological polar surface area (TPSA) is 74.4 Å². The van der Waals surface area contributed by atoms with Crippen molar-refractivity contribution in [1.29, 1.82) is 0 Å². The first-order valence-electron chi connectivity index (χ1n) is 11.8. The second kappa shape index (κ2) is 9.30. The third kappa shape index (κ3) is 4.14. The Morgan fingerprint density at radius 1 is 1.00 bits per heavy atom. The molecule has 3 N–H and O–H groups in total. The summed E-state index contributed by atoms with van der Waals surface area (Å²) in [6, 6.07) is 26.4. The van der Waals surface area contributed by atoms with Crippen LogP contribution in [0.15, 0.2) is 90.0 Å². The molecule has 5 nitrogen and oxygen atoms in total. The Hall–Kier alpha value is -3.45. The molecule has 0 spiro atoms. The molecular weight excluding hydrogens is 456 g/mol.